The Kier molecular flexibility index (Phi) is 4.81. The molecule has 2 heteroatoms. The van der Waals surface area contributed by atoms with Crippen molar-refractivity contribution in [3.05, 3.63) is 0 Å². The standard InChI is InChI=1S/C17H32N2/c1-2-19(16-8-4-5-9-16)13-15-12-11-14-7-3-6-10-17(14)18-15/h14-18H,2-13H2,1H3. The van der Waals surface area contributed by atoms with Crippen LogP contribution in [-0.4, -0.2) is 36.1 Å². The Morgan fingerprint density at radius 3 is 2.42 bits per heavy atom. The van der Waals surface area contributed by atoms with Crippen LogP contribution in [0.25, 0.3) is 0 Å². The number of nitrogens with one attached hydrogen (secondary N) is 1. The number of rotatable bonds is 4. The Morgan fingerprint density at radius 1 is 0.895 bits per heavy atom. The van der Waals surface area contributed by atoms with Crippen LogP contribution in [0.15, 0.2) is 0 Å². The molecule has 0 aromatic heterocycles. The van der Waals surface area contributed by atoms with Crippen molar-refractivity contribution >= 4 is 0 Å². The molecule has 19 heavy (non-hydrogen) atoms. The molecule has 1 heterocycles. The van der Waals surface area contributed by atoms with Crippen molar-refractivity contribution in [2.45, 2.75) is 89.3 Å². The van der Waals surface area contributed by atoms with Gasteiger partial charge < -0.3 is 5.32 Å². The van der Waals surface area contributed by atoms with Gasteiger partial charge in [0.2, 0.25) is 0 Å². The first-order valence-electron chi connectivity index (χ1n) is 8.87. The number of nitrogens with zero attached hydrogens (tertiary/aromatic N) is 1. The number of fused-ring (bicyclic) bond motifs is 1. The summed E-state index contributed by atoms with van der Waals surface area (Å²) in [5, 5.41) is 4.00. The van der Waals surface area contributed by atoms with Crippen LogP contribution in [0, 0.1) is 5.92 Å². The highest BCUT2D eigenvalue weighted by Crippen LogP contribution is 2.33. The maximum absolute atomic E-state index is 4.00. The monoisotopic (exact) mass is 264 g/mol. The number of likely N-dealkylation sites (N-methyl/N-ethyl adjacent to an activating group) is 1. The molecule has 2 saturated carbocycles. The normalized spacial score (nSPS) is 36.6. The minimum absolute atomic E-state index is 0.778. The van der Waals surface area contributed by atoms with Crippen molar-refractivity contribution in [2.75, 3.05) is 13.1 Å². The predicted octanol–water partition coefficient (Wildman–Crippen LogP) is 3.56. The number of hydrogen-bond acceptors (Lipinski definition) is 2. The van der Waals surface area contributed by atoms with Crippen LogP contribution in [-0.2, 0) is 0 Å². The van der Waals surface area contributed by atoms with Crippen molar-refractivity contribution in [1.82, 2.24) is 10.2 Å². The van der Waals surface area contributed by atoms with Gasteiger partial charge in [0.05, 0.1) is 0 Å². The Hall–Kier alpha value is -0.0800. The van der Waals surface area contributed by atoms with Crippen molar-refractivity contribution in [2.24, 2.45) is 5.92 Å². The zero-order valence-corrected chi connectivity index (χ0v) is 12.7. The summed E-state index contributed by atoms with van der Waals surface area (Å²) in [6, 6.07) is 2.53. The lowest BCUT2D eigenvalue weighted by atomic mass is 9.77. The van der Waals surface area contributed by atoms with E-state index in [4.69, 9.17) is 0 Å². The first kappa shape index (κ1) is 13.9. The molecule has 0 amide bonds. The van der Waals surface area contributed by atoms with Crippen LogP contribution in [0.5, 0.6) is 0 Å². The van der Waals surface area contributed by atoms with E-state index >= 15 is 0 Å². The maximum atomic E-state index is 4.00. The second-order valence-electron chi connectivity index (χ2n) is 7.12. The summed E-state index contributed by atoms with van der Waals surface area (Å²) in [6.45, 7) is 4.91. The summed E-state index contributed by atoms with van der Waals surface area (Å²) in [7, 11) is 0. The summed E-state index contributed by atoms with van der Waals surface area (Å²) in [4.78, 5) is 2.77. The first-order chi connectivity index (χ1) is 9.36. The molecule has 2 nitrogen and oxygen atoms in total. The fourth-order valence-corrected chi connectivity index (χ4v) is 4.81. The molecule has 1 aliphatic heterocycles. The molecule has 3 unspecified atom stereocenters. The first-order valence-corrected chi connectivity index (χ1v) is 8.87. The van der Waals surface area contributed by atoms with E-state index in [1.165, 1.54) is 77.3 Å². The summed E-state index contributed by atoms with van der Waals surface area (Å²) in [6.07, 6.45) is 14.6. The van der Waals surface area contributed by atoms with E-state index in [1.54, 1.807) is 0 Å². The van der Waals surface area contributed by atoms with Crippen LogP contribution in [0.4, 0.5) is 0 Å². The fraction of sp³-hybridized carbons (Fsp3) is 1.00. The van der Waals surface area contributed by atoms with E-state index in [-0.39, 0.29) is 0 Å². The quantitative estimate of drug-likeness (QED) is 0.835. The molecule has 0 spiro atoms. The summed E-state index contributed by atoms with van der Waals surface area (Å²) >= 11 is 0. The van der Waals surface area contributed by atoms with Gasteiger partial charge in [0.1, 0.15) is 0 Å². The van der Waals surface area contributed by atoms with Gasteiger partial charge in [0.25, 0.3) is 0 Å². The third-order valence-corrected chi connectivity index (χ3v) is 5.95. The fourth-order valence-electron chi connectivity index (χ4n) is 4.81. The second kappa shape index (κ2) is 6.58. The van der Waals surface area contributed by atoms with E-state index in [2.05, 4.69) is 17.1 Å². The van der Waals surface area contributed by atoms with Gasteiger partial charge in [-0.1, -0.05) is 32.6 Å². The predicted molar refractivity (Wildman–Crippen MR) is 81.4 cm³/mol. The molecule has 1 N–H and O–H groups in total. The molecule has 3 atom stereocenters. The van der Waals surface area contributed by atoms with E-state index < -0.39 is 0 Å². The average Bonchev–Trinajstić information content (AvgIpc) is 2.98. The smallest absolute Gasteiger partial charge is 0.0197 e. The van der Waals surface area contributed by atoms with Gasteiger partial charge in [-0.05, 0) is 51.0 Å². The Morgan fingerprint density at radius 2 is 1.63 bits per heavy atom. The molecule has 0 aromatic carbocycles. The third kappa shape index (κ3) is 3.33. The SMILES string of the molecule is CCN(CC1CCC2CCCCC2N1)C1CCCC1. The molecule has 110 valence electrons. The zero-order valence-electron chi connectivity index (χ0n) is 12.7. The average molecular weight is 264 g/mol. The van der Waals surface area contributed by atoms with E-state index in [1.807, 2.05) is 0 Å². The van der Waals surface area contributed by atoms with E-state index in [0.717, 1.165) is 24.0 Å². The second-order valence-corrected chi connectivity index (χ2v) is 7.12. The lowest BCUT2D eigenvalue weighted by molar-refractivity contribution is 0.126. The van der Waals surface area contributed by atoms with Crippen molar-refractivity contribution in [3.63, 3.8) is 0 Å². The van der Waals surface area contributed by atoms with E-state index in [0.29, 0.717) is 0 Å². The molecule has 1 saturated heterocycles. The van der Waals surface area contributed by atoms with Crippen LogP contribution >= 0.6 is 0 Å². The lowest BCUT2D eigenvalue weighted by Crippen LogP contribution is -2.54. The number of piperidine rings is 1. The van der Waals surface area contributed by atoms with Crippen molar-refractivity contribution in [1.29, 1.82) is 0 Å². The highest BCUT2D eigenvalue weighted by molar-refractivity contribution is 4.91. The number of hydrogen-bond donors (Lipinski definition) is 1. The zero-order chi connectivity index (χ0) is 13.1. The summed E-state index contributed by atoms with van der Waals surface area (Å²) in [5.74, 6) is 1.01. The van der Waals surface area contributed by atoms with E-state index in [9.17, 15) is 0 Å². The van der Waals surface area contributed by atoms with Crippen molar-refractivity contribution in [3.8, 4) is 0 Å². The topological polar surface area (TPSA) is 15.3 Å². The highest BCUT2D eigenvalue weighted by Gasteiger charge is 2.33. The van der Waals surface area contributed by atoms with Gasteiger partial charge in [0, 0.05) is 24.7 Å². The minimum Gasteiger partial charge on any atom is -0.310 e. The molecular formula is C17H32N2. The Bertz CT molecular complexity index is 272. The summed E-state index contributed by atoms with van der Waals surface area (Å²) < 4.78 is 0. The molecule has 0 bridgehead atoms. The highest BCUT2D eigenvalue weighted by atomic mass is 15.2. The molecule has 3 fully saturated rings. The van der Waals surface area contributed by atoms with Crippen LogP contribution in [0.3, 0.4) is 0 Å². The lowest BCUT2D eigenvalue weighted by Gasteiger charge is -2.42. The van der Waals surface area contributed by atoms with Crippen LogP contribution in [0.2, 0.25) is 0 Å². The molecule has 2 aliphatic carbocycles. The molecule has 0 radical (unpaired) electrons. The van der Waals surface area contributed by atoms with Gasteiger partial charge in [-0.25, -0.2) is 0 Å². The Labute approximate surface area is 119 Å². The molecule has 3 rings (SSSR count). The van der Waals surface area contributed by atoms with Crippen molar-refractivity contribution < 1.29 is 0 Å². The largest absolute Gasteiger partial charge is 0.310 e. The van der Waals surface area contributed by atoms with Gasteiger partial charge in [-0.3, -0.25) is 4.90 Å². The minimum atomic E-state index is 0.778. The van der Waals surface area contributed by atoms with Gasteiger partial charge in [0.15, 0.2) is 0 Å². The third-order valence-electron chi connectivity index (χ3n) is 5.95. The van der Waals surface area contributed by atoms with Crippen LogP contribution < -0.4 is 5.32 Å². The summed E-state index contributed by atoms with van der Waals surface area (Å²) in [5.41, 5.74) is 0. The molecule has 3 aliphatic rings. The maximum Gasteiger partial charge on any atom is 0.0197 e. The van der Waals surface area contributed by atoms with Gasteiger partial charge >= 0.3 is 0 Å². The van der Waals surface area contributed by atoms with Gasteiger partial charge in [-0.15, -0.1) is 0 Å². The molecule has 0 aromatic rings. The van der Waals surface area contributed by atoms with Crippen LogP contribution in [0.1, 0.15) is 71.1 Å². The van der Waals surface area contributed by atoms with Gasteiger partial charge in [-0.2, -0.15) is 0 Å². The Balaban J connectivity index is 1.51. The molecular weight excluding hydrogens is 232 g/mol.